The highest BCUT2D eigenvalue weighted by molar-refractivity contribution is 6.41. The number of aromatic nitrogens is 1. The lowest BCUT2D eigenvalue weighted by atomic mass is 9.94. The average molecular weight is 286 g/mol. The minimum atomic E-state index is -0.858. The molecule has 0 aliphatic carbocycles. The average Bonchev–Trinajstić information content (AvgIpc) is 2.39. The summed E-state index contributed by atoms with van der Waals surface area (Å²) in [7, 11) is 0. The maximum absolute atomic E-state index is 12.0. The van der Waals surface area contributed by atoms with E-state index in [1.165, 1.54) is 12.3 Å². The second kappa shape index (κ2) is 6.03. The molecule has 6 heteroatoms. The van der Waals surface area contributed by atoms with Crippen LogP contribution in [0.4, 0.5) is 0 Å². The first-order chi connectivity index (χ1) is 8.48. The maximum atomic E-state index is 12.0. The molecule has 0 saturated carbocycles. The van der Waals surface area contributed by atoms with E-state index >= 15 is 0 Å². The Labute approximate surface area is 116 Å². The number of pyridine rings is 1. The van der Waals surface area contributed by atoms with Gasteiger partial charge in [0.25, 0.3) is 5.91 Å². The van der Waals surface area contributed by atoms with E-state index < -0.39 is 5.54 Å². The highest BCUT2D eigenvalue weighted by Crippen LogP contribution is 2.21. The van der Waals surface area contributed by atoms with E-state index in [0.29, 0.717) is 12.8 Å². The summed E-state index contributed by atoms with van der Waals surface area (Å²) in [6.07, 6.45) is 2.39. The maximum Gasteiger partial charge on any atom is 0.254 e. The molecule has 0 spiro atoms. The van der Waals surface area contributed by atoms with Crippen LogP contribution in [-0.4, -0.2) is 16.4 Å². The number of amides is 1. The lowest BCUT2D eigenvalue weighted by molar-refractivity contribution is 0.0915. The zero-order chi connectivity index (χ0) is 13.8. The van der Waals surface area contributed by atoms with E-state index in [1.807, 2.05) is 13.8 Å². The molecule has 1 amide bonds. The molecule has 1 heterocycles. The van der Waals surface area contributed by atoms with Crippen molar-refractivity contribution in [3.8, 4) is 6.07 Å². The second-order valence-corrected chi connectivity index (χ2v) is 4.62. The first-order valence-corrected chi connectivity index (χ1v) is 6.28. The molecule has 0 fully saturated rings. The molecule has 0 aliphatic heterocycles. The van der Waals surface area contributed by atoms with Crippen LogP contribution in [0, 0.1) is 11.3 Å². The third kappa shape index (κ3) is 3.12. The van der Waals surface area contributed by atoms with Crippen LogP contribution >= 0.6 is 23.2 Å². The number of halogens is 2. The fourth-order valence-corrected chi connectivity index (χ4v) is 1.72. The van der Waals surface area contributed by atoms with Crippen molar-refractivity contribution in [1.29, 1.82) is 5.26 Å². The van der Waals surface area contributed by atoms with Gasteiger partial charge in [-0.2, -0.15) is 5.26 Å². The number of nitrogens with one attached hydrogen (secondary N) is 1. The van der Waals surface area contributed by atoms with E-state index in [4.69, 9.17) is 28.5 Å². The summed E-state index contributed by atoms with van der Waals surface area (Å²) in [4.78, 5) is 15.8. The molecule has 96 valence electrons. The zero-order valence-corrected chi connectivity index (χ0v) is 11.6. The van der Waals surface area contributed by atoms with Gasteiger partial charge >= 0.3 is 0 Å². The van der Waals surface area contributed by atoms with Crippen LogP contribution in [0.1, 0.15) is 37.0 Å². The molecule has 0 aromatic carbocycles. The second-order valence-electron chi connectivity index (χ2n) is 3.85. The van der Waals surface area contributed by atoms with Gasteiger partial charge in [-0.05, 0) is 18.9 Å². The normalized spacial score (nSPS) is 10.8. The first-order valence-electron chi connectivity index (χ1n) is 5.52. The fourth-order valence-electron chi connectivity index (χ4n) is 1.45. The van der Waals surface area contributed by atoms with Crippen molar-refractivity contribution in [2.45, 2.75) is 32.2 Å². The molecule has 1 N–H and O–H groups in total. The summed E-state index contributed by atoms with van der Waals surface area (Å²) in [5, 5.41) is 12.2. The van der Waals surface area contributed by atoms with Gasteiger partial charge in [0.15, 0.2) is 0 Å². The molecule has 0 aliphatic rings. The van der Waals surface area contributed by atoms with Crippen molar-refractivity contribution in [2.75, 3.05) is 0 Å². The Morgan fingerprint density at radius 3 is 2.56 bits per heavy atom. The van der Waals surface area contributed by atoms with Crippen molar-refractivity contribution in [1.82, 2.24) is 10.3 Å². The third-order valence-corrected chi connectivity index (χ3v) is 3.52. The molecular weight excluding hydrogens is 273 g/mol. The van der Waals surface area contributed by atoms with Crippen molar-refractivity contribution in [2.24, 2.45) is 0 Å². The van der Waals surface area contributed by atoms with Crippen molar-refractivity contribution in [3.05, 3.63) is 28.0 Å². The largest absolute Gasteiger partial charge is 0.334 e. The summed E-state index contributed by atoms with van der Waals surface area (Å²) in [5.41, 5.74) is -0.575. The minimum Gasteiger partial charge on any atom is -0.334 e. The van der Waals surface area contributed by atoms with Crippen LogP contribution in [0.3, 0.4) is 0 Å². The molecule has 1 aromatic heterocycles. The van der Waals surface area contributed by atoms with E-state index in [1.54, 1.807) is 0 Å². The number of carbonyl (C=O) groups is 1. The van der Waals surface area contributed by atoms with E-state index in [0.717, 1.165) is 0 Å². The molecule has 0 saturated heterocycles. The molecule has 0 unspecified atom stereocenters. The number of nitriles is 1. The number of hydrogen-bond acceptors (Lipinski definition) is 3. The highest BCUT2D eigenvalue weighted by Gasteiger charge is 2.28. The summed E-state index contributed by atoms with van der Waals surface area (Å²) in [5.74, 6) is -0.383. The molecule has 1 rings (SSSR count). The van der Waals surface area contributed by atoms with Gasteiger partial charge < -0.3 is 5.32 Å². The van der Waals surface area contributed by atoms with Gasteiger partial charge in [-0.3, -0.25) is 4.79 Å². The van der Waals surface area contributed by atoms with Gasteiger partial charge in [0.05, 0.1) is 16.7 Å². The Balaban J connectivity index is 2.95. The fraction of sp³-hybridized carbons (Fsp3) is 0.417. The quantitative estimate of drug-likeness (QED) is 0.864. The zero-order valence-electron chi connectivity index (χ0n) is 10.1. The predicted molar refractivity (Wildman–Crippen MR) is 70.6 cm³/mol. The van der Waals surface area contributed by atoms with Gasteiger partial charge in [0, 0.05) is 6.20 Å². The Bertz CT molecular complexity index is 493. The van der Waals surface area contributed by atoms with Crippen molar-refractivity contribution >= 4 is 29.1 Å². The van der Waals surface area contributed by atoms with Crippen LogP contribution in [0.5, 0.6) is 0 Å². The molecule has 0 atom stereocenters. The molecule has 4 nitrogen and oxygen atoms in total. The van der Waals surface area contributed by atoms with Gasteiger partial charge in [-0.25, -0.2) is 4.98 Å². The smallest absolute Gasteiger partial charge is 0.254 e. The van der Waals surface area contributed by atoms with E-state index in [9.17, 15) is 4.79 Å². The summed E-state index contributed by atoms with van der Waals surface area (Å²) >= 11 is 11.5. The van der Waals surface area contributed by atoms with Crippen molar-refractivity contribution in [3.63, 3.8) is 0 Å². The first kappa shape index (κ1) is 14.7. The van der Waals surface area contributed by atoms with Crippen LogP contribution in [0.2, 0.25) is 10.2 Å². The number of carbonyl (C=O) groups excluding carboxylic acids is 1. The predicted octanol–water partition coefficient (Wildman–Crippen LogP) is 3.20. The Hall–Kier alpha value is -1.31. The lowest BCUT2D eigenvalue weighted by Crippen LogP contribution is -2.46. The molecule has 0 radical (unpaired) electrons. The Kier molecular flexibility index (Phi) is 4.94. The van der Waals surface area contributed by atoms with Crippen LogP contribution in [0.15, 0.2) is 12.3 Å². The van der Waals surface area contributed by atoms with Gasteiger partial charge in [-0.15, -0.1) is 0 Å². The highest BCUT2D eigenvalue weighted by atomic mass is 35.5. The summed E-state index contributed by atoms with van der Waals surface area (Å²) < 4.78 is 0. The summed E-state index contributed by atoms with van der Waals surface area (Å²) in [6, 6.07) is 3.56. The lowest BCUT2D eigenvalue weighted by Gasteiger charge is -2.24. The number of rotatable bonds is 4. The topological polar surface area (TPSA) is 65.8 Å². The van der Waals surface area contributed by atoms with E-state index in [-0.39, 0.29) is 21.6 Å². The SMILES string of the molecule is CCC(C#N)(CC)NC(=O)c1cnc(Cl)c(Cl)c1. The standard InChI is InChI=1S/C12H13Cl2N3O/c1-3-12(4-2,7-15)17-11(18)8-5-9(13)10(14)16-6-8/h5-6H,3-4H2,1-2H3,(H,17,18). The van der Waals surface area contributed by atoms with E-state index in [2.05, 4.69) is 16.4 Å². The molecule has 18 heavy (non-hydrogen) atoms. The molecule has 1 aromatic rings. The Morgan fingerprint density at radius 1 is 1.50 bits per heavy atom. The monoisotopic (exact) mass is 285 g/mol. The van der Waals surface area contributed by atoms with Gasteiger partial charge in [-0.1, -0.05) is 37.0 Å². The Morgan fingerprint density at radius 2 is 2.11 bits per heavy atom. The molecule has 0 bridgehead atoms. The van der Waals surface area contributed by atoms with Crippen molar-refractivity contribution < 1.29 is 4.79 Å². The van der Waals surface area contributed by atoms with Crippen LogP contribution in [0.25, 0.3) is 0 Å². The van der Waals surface area contributed by atoms with Gasteiger partial charge in [0.2, 0.25) is 0 Å². The minimum absolute atomic E-state index is 0.144. The van der Waals surface area contributed by atoms with Crippen LogP contribution in [-0.2, 0) is 0 Å². The molecular formula is C12H13Cl2N3O. The summed E-state index contributed by atoms with van der Waals surface area (Å²) in [6.45, 7) is 3.69. The number of nitrogens with zero attached hydrogens (tertiary/aromatic N) is 2. The van der Waals surface area contributed by atoms with Gasteiger partial charge in [0.1, 0.15) is 10.7 Å². The van der Waals surface area contributed by atoms with Crippen LogP contribution < -0.4 is 5.32 Å². The third-order valence-electron chi connectivity index (χ3n) is 2.83. The number of hydrogen-bond donors (Lipinski definition) is 1.